The number of thiocarbonyl (C=S) groups is 1. The molecule has 0 bridgehead atoms. The molecule has 2 fully saturated rings. The molecule has 6 heteroatoms. The Labute approximate surface area is 181 Å². The summed E-state index contributed by atoms with van der Waals surface area (Å²) in [6.45, 7) is 0. The molecule has 3 heterocycles. The summed E-state index contributed by atoms with van der Waals surface area (Å²) in [5, 5.41) is 4.34. The number of halogens is 1. The van der Waals surface area contributed by atoms with Gasteiger partial charge in [0.15, 0.2) is 5.11 Å². The highest BCUT2D eigenvalue weighted by Crippen LogP contribution is 2.43. The van der Waals surface area contributed by atoms with Gasteiger partial charge in [0, 0.05) is 29.8 Å². The Morgan fingerprint density at radius 2 is 1.87 bits per heavy atom. The lowest BCUT2D eigenvalue weighted by atomic mass is 9.92. The largest absolute Gasteiger partial charge is 0.352 e. The van der Waals surface area contributed by atoms with E-state index in [1.54, 1.807) is 12.1 Å². The van der Waals surface area contributed by atoms with E-state index in [-0.39, 0.29) is 17.9 Å². The van der Waals surface area contributed by atoms with Crippen molar-refractivity contribution >= 4 is 17.3 Å². The number of nitrogens with zero attached hydrogens (tertiary/aromatic N) is 3. The molecule has 2 aliphatic rings. The van der Waals surface area contributed by atoms with Gasteiger partial charge >= 0.3 is 0 Å². The molecule has 2 aromatic heterocycles. The maximum atomic E-state index is 14.0. The molecule has 1 aliphatic heterocycles. The summed E-state index contributed by atoms with van der Waals surface area (Å²) in [5.41, 5.74) is 2.88. The predicted octanol–water partition coefficient (Wildman–Crippen LogP) is 5.32. The fourth-order valence-electron chi connectivity index (χ4n) is 4.93. The summed E-state index contributed by atoms with van der Waals surface area (Å²) < 4.78 is 16.1. The van der Waals surface area contributed by atoms with E-state index in [0.717, 1.165) is 35.0 Å². The van der Waals surface area contributed by atoms with Gasteiger partial charge in [-0.05, 0) is 67.5 Å². The first-order chi connectivity index (χ1) is 14.7. The number of rotatable bonds is 4. The van der Waals surface area contributed by atoms with Crippen LogP contribution in [0.15, 0.2) is 67.0 Å². The van der Waals surface area contributed by atoms with Crippen LogP contribution in [0, 0.1) is 5.82 Å². The van der Waals surface area contributed by atoms with Gasteiger partial charge in [-0.2, -0.15) is 0 Å². The first-order valence-corrected chi connectivity index (χ1v) is 11.1. The first-order valence-electron chi connectivity index (χ1n) is 10.7. The SMILES string of the molecule is Fc1cccc(-n2cccc2[C@@H]2[C@@H](c3ccccn3)NC(=S)N2C2CCCCC2)c1. The molecule has 0 spiro atoms. The quantitative estimate of drug-likeness (QED) is 0.580. The highest BCUT2D eigenvalue weighted by Gasteiger charge is 2.44. The minimum atomic E-state index is -0.238. The molecule has 1 aromatic carbocycles. The van der Waals surface area contributed by atoms with Crippen LogP contribution in [0.3, 0.4) is 0 Å². The molecule has 2 atom stereocenters. The van der Waals surface area contributed by atoms with Crippen molar-refractivity contribution in [1.82, 2.24) is 19.8 Å². The summed E-state index contributed by atoms with van der Waals surface area (Å²) in [6, 6.07) is 17.2. The van der Waals surface area contributed by atoms with Crippen molar-refractivity contribution < 1.29 is 4.39 Å². The fraction of sp³-hybridized carbons (Fsp3) is 0.333. The molecule has 1 N–H and O–H groups in total. The number of aromatic nitrogens is 2. The van der Waals surface area contributed by atoms with Gasteiger partial charge in [-0.25, -0.2) is 4.39 Å². The third-order valence-electron chi connectivity index (χ3n) is 6.27. The van der Waals surface area contributed by atoms with Crippen LogP contribution in [-0.4, -0.2) is 25.6 Å². The van der Waals surface area contributed by atoms with Crippen LogP contribution >= 0.6 is 12.2 Å². The molecule has 3 aromatic rings. The number of nitrogens with one attached hydrogen (secondary N) is 1. The average molecular weight is 421 g/mol. The first kappa shape index (κ1) is 19.2. The zero-order valence-corrected chi connectivity index (χ0v) is 17.6. The van der Waals surface area contributed by atoms with Crippen LogP contribution in [0.1, 0.15) is 55.6 Å². The Morgan fingerprint density at radius 3 is 2.63 bits per heavy atom. The topological polar surface area (TPSA) is 33.1 Å². The maximum Gasteiger partial charge on any atom is 0.170 e. The van der Waals surface area contributed by atoms with Gasteiger partial charge in [0.2, 0.25) is 0 Å². The maximum absolute atomic E-state index is 14.0. The summed E-state index contributed by atoms with van der Waals surface area (Å²) >= 11 is 5.85. The standard InChI is InChI=1S/C24H25FN4S/c25-17-8-6-11-19(16-17)28-15-7-13-21(28)23-22(20-12-4-5-14-26-20)27-24(30)29(23)18-9-2-1-3-10-18/h4-8,11-16,18,22-23H,1-3,9-10H2,(H,27,30)/t22-,23-/m1/s1. The van der Waals surface area contributed by atoms with Crippen molar-refractivity contribution in [1.29, 1.82) is 0 Å². The Balaban J connectivity index is 1.61. The van der Waals surface area contributed by atoms with E-state index < -0.39 is 0 Å². The third kappa shape index (κ3) is 3.49. The van der Waals surface area contributed by atoms with Crippen LogP contribution in [0.25, 0.3) is 5.69 Å². The van der Waals surface area contributed by atoms with Crippen LogP contribution in [-0.2, 0) is 0 Å². The number of hydrogen-bond donors (Lipinski definition) is 1. The van der Waals surface area contributed by atoms with Gasteiger partial charge in [0.05, 0.1) is 17.8 Å². The zero-order valence-electron chi connectivity index (χ0n) is 16.7. The summed E-state index contributed by atoms with van der Waals surface area (Å²) in [4.78, 5) is 7.02. The molecule has 1 saturated carbocycles. The van der Waals surface area contributed by atoms with E-state index in [9.17, 15) is 4.39 Å². The lowest BCUT2D eigenvalue weighted by molar-refractivity contribution is 0.193. The molecule has 0 unspecified atom stereocenters. The van der Waals surface area contributed by atoms with Gasteiger partial charge in [0.1, 0.15) is 5.82 Å². The fourth-order valence-corrected chi connectivity index (χ4v) is 5.32. The minimum absolute atomic E-state index is 0.00577. The normalized spacial score (nSPS) is 22.3. The Kier molecular flexibility index (Phi) is 5.25. The van der Waals surface area contributed by atoms with E-state index in [4.69, 9.17) is 12.2 Å². The molecule has 4 nitrogen and oxygen atoms in total. The second kappa shape index (κ2) is 8.19. The lowest BCUT2D eigenvalue weighted by Crippen LogP contribution is -2.40. The van der Waals surface area contributed by atoms with Crippen LogP contribution < -0.4 is 5.32 Å². The van der Waals surface area contributed by atoms with Crippen molar-refractivity contribution in [3.63, 3.8) is 0 Å². The van der Waals surface area contributed by atoms with Crippen molar-refractivity contribution in [3.05, 3.63) is 84.2 Å². The number of hydrogen-bond acceptors (Lipinski definition) is 2. The van der Waals surface area contributed by atoms with Gasteiger partial charge in [-0.3, -0.25) is 4.98 Å². The smallest absolute Gasteiger partial charge is 0.170 e. The lowest BCUT2D eigenvalue weighted by Gasteiger charge is -2.37. The van der Waals surface area contributed by atoms with E-state index >= 15 is 0 Å². The molecule has 154 valence electrons. The molecule has 0 radical (unpaired) electrons. The van der Waals surface area contributed by atoms with E-state index in [2.05, 4.69) is 25.8 Å². The van der Waals surface area contributed by atoms with E-state index in [1.807, 2.05) is 42.7 Å². The van der Waals surface area contributed by atoms with Gasteiger partial charge < -0.3 is 14.8 Å². The Hall–Kier alpha value is -2.73. The van der Waals surface area contributed by atoms with E-state index in [0.29, 0.717) is 6.04 Å². The third-order valence-corrected chi connectivity index (χ3v) is 6.60. The summed E-state index contributed by atoms with van der Waals surface area (Å²) in [7, 11) is 0. The highest BCUT2D eigenvalue weighted by atomic mass is 32.1. The van der Waals surface area contributed by atoms with Gasteiger partial charge in [-0.1, -0.05) is 31.4 Å². The minimum Gasteiger partial charge on any atom is -0.352 e. The Bertz CT molecular complexity index is 1030. The molecule has 5 rings (SSSR count). The van der Waals surface area contributed by atoms with Crippen molar-refractivity contribution in [2.45, 2.75) is 50.2 Å². The molecular formula is C24H25FN4S. The van der Waals surface area contributed by atoms with Crippen molar-refractivity contribution in [2.75, 3.05) is 0 Å². The monoisotopic (exact) mass is 420 g/mol. The second-order valence-corrected chi connectivity index (χ2v) is 8.50. The predicted molar refractivity (Wildman–Crippen MR) is 120 cm³/mol. The average Bonchev–Trinajstić information content (AvgIpc) is 3.39. The summed E-state index contributed by atoms with van der Waals surface area (Å²) in [5.74, 6) is -0.238. The molecule has 0 amide bonds. The van der Waals surface area contributed by atoms with Crippen LogP contribution in [0.5, 0.6) is 0 Å². The number of pyridine rings is 1. The van der Waals surface area contributed by atoms with Crippen LogP contribution in [0.4, 0.5) is 4.39 Å². The molecular weight excluding hydrogens is 395 g/mol. The summed E-state index contributed by atoms with van der Waals surface area (Å²) in [6.07, 6.45) is 9.87. The number of benzene rings is 1. The zero-order chi connectivity index (χ0) is 20.5. The van der Waals surface area contributed by atoms with Gasteiger partial charge in [0.25, 0.3) is 0 Å². The van der Waals surface area contributed by atoms with Gasteiger partial charge in [-0.15, -0.1) is 0 Å². The van der Waals surface area contributed by atoms with E-state index in [1.165, 1.54) is 25.3 Å². The van der Waals surface area contributed by atoms with Crippen molar-refractivity contribution in [2.24, 2.45) is 0 Å². The van der Waals surface area contributed by atoms with Crippen molar-refractivity contribution in [3.8, 4) is 5.69 Å². The molecule has 1 aliphatic carbocycles. The highest BCUT2D eigenvalue weighted by molar-refractivity contribution is 7.80. The second-order valence-electron chi connectivity index (χ2n) is 8.11. The molecule has 1 saturated heterocycles. The molecule has 30 heavy (non-hydrogen) atoms. The van der Waals surface area contributed by atoms with Crippen LogP contribution in [0.2, 0.25) is 0 Å². The Morgan fingerprint density at radius 1 is 1.00 bits per heavy atom.